The summed E-state index contributed by atoms with van der Waals surface area (Å²) in [5.41, 5.74) is 2.82. The molecule has 0 unspecified atom stereocenters. The summed E-state index contributed by atoms with van der Waals surface area (Å²) in [5, 5.41) is 5.63. The van der Waals surface area contributed by atoms with Crippen molar-refractivity contribution in [3.05, 3.63) is 29.3 Å². The van der Waals surface area contributed by atoms with Gasteiger partial charge in [0.15, 0.2) is 0 Å². The van der Waals surface area contributed by atoms with Crippen LogP contribution in [0.1, 0.15) is 37.3 Å². The van der Waals surface area contributed by atoms with Gasteiger partial charge in [0.05, 0.1) is 6.54 Å². The van der Waals surface area contributed by atoms with Crippen LogP contribution in [-0.4, -0.2) is 31.5 Å². The highest BCUT2D eigenvalue weighted by Gasteiger charge is 2.38. The van der Waals surface area contributed by atoms with Crippen LogP contribution in [0.25, 0.3) is 0 Å². The second-order valence-electron chi connectivity index (χ2n) is 6.84. The Hall–Kier alpha value is -2.04. The van der Waals surface area contributed by atoms with Crippen LogP contribution in [0.3, 0.4) is 0 Å². The molecule has 2 aliphatic carbocycles. The molecule has 2 N–H and O–H groups in total. The molecule has 130 valence electrons. The number of aryl methyl sites for hydroxylation is 2. The number of carbonyl (C=O) groups is 2. The lowest BCUT2D eigenvalue weighted by molar-refractivity contribution is -0.123. The van der Waals surface area contributed by atoms with Gasteiger partial charge in [-0.2, -0.15) is 0 Å². The number of hydrogen-bond donors (Lipinski definition) is 2. The van der Waals surface area contributed by atoms with Crippen molar-refractivity contribution in [2.75, 3.05) is 19.7 Å². The Balaban J connectivity index is 1.26. The molecule has 0 heterocycles. The lowest BCUT2D eigenvalue weighted by atomic mass is 10.1. The lowest BCUT2D eigenvalue weighted by Gasteiger charge is -2.09. The van der Waals surface area contributed by atoms with Gasteiger partial charge in [0.25, 0.3) is 0 Å². The first kappa shape index (κ1) is 16.8. The molecule has 0 saturated heterocycles. The topological polar surface area (TPSA) is 67.4 Å². The SMILES string of the molecule is C[C@H]1C[C@H]1C(=O)NCCC(=O)NCCOc1ccc2c(c1)CCC2. The van der Waals surface area contributed by atoms with E-state index in [1.807, 2.05) is 6.07 Å². The fourth-order valence-electron chi connectivity index (χ4n) is 3.20. The second kappa shape index (κ2) is 7.69. The first-order chi connectivity index (χ1) is 11.6. The average Bonchev–Trinajstić information content (AvgIpc) is 3.12. The Morgan fingerprint density at radius 2 is 1.96 bits per heavy atom. The minimum atomic E-state index is -0.0586. The van der Waals surface area contributed by atoms with Crippen LogP contribution in [0.4, 0.5) is 0 Å². The maximum absolute atomic E-state index is 11.7. The van der Waals surface area contributed by atoms with E-state index in [4.69, 9.17) is 4.74 Å². The van der Waals surface area contributed by atoms with Crippen LogP contribution in [0.5, 0.6) is 5.75 Å². The molecule has 2 amide bonds. The first-order valence-electron chi connectivity index (χ1n) is 8.92. The van der Waals surface area contributed by atoms with Gasteiger partial charge in [-0.15, -0.1) is 0 Å². The Morgan fingerprint density at radius 3 is 2.75 bits per heavy atom. The molecule has 2 aliphatic rings. The van der Waals surface area contributed by atoms with E-state index >= 15 is 0 Å². The zero-order valence-electron chi connectivity index (χ0n) is 14.3. The van der Waals surface area contributed by atoms with Crippen molar-refractivity contribution in [3.8, 4) is 5.75 Å². The number of benzene rings is 1. The minimum absolute atomic E-state index is 0.0586. The zero-order chi connectivity index (χ0) is 16.9. The van der Waals surface area contributed by atoms with Crippen LogP contribution < -0.4 is 15.4 Å². The predicted octanol–water partition coefficient (Wildman–Crippen LogP) is 1.83. The van der Waals surface area contributed by atoms with Gasteiger partial charge in [-0.25, -0.2) is 0 Å². The lowest BCUT2D eigenvalue weighted by Crippen LogP contribution is -2.33. The average molecular weight is 330 g/mol. The molecule has 3 rings (SSSR count). The molecule has 24 heavy (non-hydrogen) atoms. The number of amides is 2. The standard InChI is InChI=1S/C19H26N2O3/c1-13-11-17(13)19(23)21-8-7-18(22)20-9-10-24-16-6-5-14-3-2-4-15(14)12-16/h5-6,12-13,17H,2-4,7-11H2,1H3,(H,20,22)(H,21,23)/t13-,17+/m0/s1. The maximum Gasteiger partial charge on any atom is 0.223 e. The molecule has 1 fully saturated rings. The third-order valence-electron chi connectivity index (χ3n) is 4.86. The molecule has 0 spiro atoms. The second-order valence-corrected chi connectivity index (χ2v) is 6.84. The van der Waals surface area contributed by atoms with Crippen molar-refractivity contribution in [2.45, 2.75) is 39.0 Å². The summed E-state index contributed by atoms with van der Waals surface area (Å²) >= 11 is 0. The van der Waals surface area contributed by atoms with Crippen LogP contribution in [0.2, 0.25) is 0 Å². The van der Waals surface area contributed by atoms with Crippen LogP contribution in [-0.2, 0) is 22.4 Å². The van der Waals surface area contributed by atoms with Crippen molar-refractivity contribution in [1.82, 2.24) is 10.6 Å². The van der Waals surface area contributed by atoms with Gasteiger partial charge in [-0.1, -0.05) is 13.0 Å². The normalized spacial score (nSPS) is 21.0. The summed E-state index contributed by atoms with van der Waals surface area (Å²) in [6, 6.07) is 6.25. The highest BCUT2D eigenvalue weighted by molar-refractivity contribution is 5.82. The van der Waals surface area contributed by atoms with E-state index in [1.54, 1.807) is 0 Å². The fraction of sp³-hybridized carbons (Fsp3) is 0.579. The van der Waals surface area contributed by atoms with Crippen molar-refractivity contribution in [1.29, 1.82) is 0 Å². The molecular formula is C19H26N2O3. The van der Waals surface area contributed by atoms with Crippen LogP contribution in [0.15, 0.2) is 18.2 Å². The highest BCUT2D eigenvalue weighted by Crippen LogP contribution is 2.37. The number of carbonyl (C=O) groups excluding carboxylic acids is 2. The van der Waals surface area contributed by atoms with Gasteiger partial charge in [0.1, 0.15) is 12.4 Å². The summed E-state index contributed by atoms with van der Waals surface area (Å²) in [7, 11) is 0. The minimum Gasteiger partial charge on any atom is -0.492 e. The van der Waals surface area contributed by atoms with E-state index < -0.39 is 0 Å². The Kier molecular flexibility index (Phi) is 5.38. The zero-order valence-corrected chi connectivity index (χ0v) is 14.3. The molecule has 1 aromatic rings. The van der Waals surface area contributed by atoms with Crippen molar-refractivity contribution >= 4 is 11.8 Å². The monoisotopic (exact) mass is 330 g/mol. The van der Waals surface area contributed by atoms with E-state index in [2.05, 4.69) is 29.7 Å². The van der Waals surface area contributed by atoms with E-state index in [9.17, 15) is 9.59 Å². The largest absolute Gasteiger partial charge is 0.492 e. The predicted molar refractivity (Wildman–Crippen MR) is 91.9 cm³/mol. The van der Waals surface area contributed by atoms with Crippen molar-refractivity contribution in [2.24, 2.45) is 11.8 Å². The molecule has 0 radical (unpaired) electrons. The third-order valence-corrected chi connectivity index (χ3v) is 4.86. The van der Waals surface area contributed by atoms with Gasteiger partial charge < -0.3 is 15.4 Å². The van der Waals surface area contributed by atoms with E-state index in [0.717, 1.165) is 18.6 Å². The van der Waals surface area contributed by atoms with Crippen molar-refractivity contribution < 1.29 is 14.3 Å². The highest BCUT2D eigenvalue weighted by atomic mass is 16.5. The number of hydrogen-bond acceptors (Lipinski definition) is 3. The summed E-state index contributed by atoms with van der Waals surface area (Å²) in [6.07, 6.45) is 4.81. The summed E-state index contributed by atoms with van der Waals surface area (Å²) < 4.78 is 5.69. The van der Waals surface area contributed by atoms with Gasteiger partial charge in [0.2, 0.25) is 11.8 Å². The van der Waals surface area contributed by atoms with Crippen LogP contribution in [0, 0.1) is 11.8 Å². The Morgan fingerprint density at radius 1 is 1.17 bits per heavy atom. The number of fused-ring (bicyclic) bond motifs is 1. The molecule has 1 saturated carbocycles. The smallest absolute Gasteiger partial charge is 0.223 e. The van der Waals surface area contributed by atoms with Crippen LogP contribution >= 0.6 is 0 Å². The first-order valence-corrected chi connectivity index (χ1v) is 8.92. The molecule has 0 bridgehead atoms. The fourth-order valence-corrected chi connectivity index (χ4v) is 3.20. The number of nitrogens with one attached hydrogen (secondary N) is 2. The molecule has 0 aromatic heterocycles. The summed E-state index contributed by atoms with van der Waals surface area (Å²) in [4.78, 5) is 23.4. The van der Waals surface area contributed by atoms with Crippen molar-refractivity contribution in [3.63, 3.8) is 0 Å². The molecule has 2 atom stereocenters. The van der Waals surface area contributed by atoms with Gasteiger partial charge >= 0.3 is 0 Å². The van der Waals surface area contributed by atoms with E-state index in [-0.39, 0.29) is 17.7 Å². The number of rotatable bonds is 8. The maximum atomic E-state index is 11.7. The van der Waals surface area contributed by atoms with Gasteiger partial charge in [0, 0.05) is 18.9 Å². The Bertz CT molecular complexity index is 615. The molecule has 0 aliphatic heterocycles. The summed E-state index contributed by atoms with van der Waals surface area (Å²) in [6.45, 7) is 3.40. The quantitative estimate of drug-likeness (QED) is 0.715. The van der Waals surface area contributed by atoms with Gasteiger partial charge in [-0.05, 0) is 54.9 Å². The molecule has 1 aromatic carbocycles. The third kappa shape index (κ3) is 4.49. The molecule has 5 nitrogen and oxygen atoms in total. The molecular weight excluding hydrogens is 304 g/mol. The van der Waals surface area contributed by atoms with E-state index in [1.165, 1.54) is 24.0 Å². The number of ether oxygens (including phenoxy) is 1. The van der Waals surface area contributed by atoms with Gasteiger partial charge in [-0.3, -0.25) is 9.59 Å². The Labute approximate surface area is 143 Å². The van der Waals surface area contributed by atoms with E-state index in [0.29, 0.717) is 32.0 Å². The molecule has 5 heteroatoms. The summed E-state index contributed by atoms with van der Waals surface area (Å²) in [5.74, 6) is 1.55.